The quantitative estimate of drug-likeness (QED) is 0.909. The molecule has 0 saturated heterocycles. The molecule has 0 aliphatic carbocycles. The Morgan fingerprint density at radius 1 is 1.21 bits per heavy atom. The summed E-state index contributed by atoms with van der Waals surface area (Å²) < 4.78 is 13.2. The molecule has 0 aromatic heterocycles. The number of hydrogen-bond donors (Lipinski definition) is 1. The monoisotopic (exact) mass is 278 g/mol. The molecule has 2 N–H and O–H groups in total. The van der Waals surface area contributed by atoms with Gasteiger partial charge in [0.05, 0.1) is 10.7 Å². The van der Waals surface area contributed by atoms with Crippen LogP contribution in [0, 0.1) is 5.82 Å². The van der Waals surface area contributed by atoms with Crippen LogP contribution in [0.1, 0.15) is 18.5 Å². The molecule has 0 fully saturated rings. The second-order valence-corrected chi connectivity index (χ2v) is 4.95. The van der Waals surface area contributed by atoms with Crippen LogP contribution in [0.4, 0.5) is 15.8 Å². The molecular formula is C15H16ClFN2. The Bertz CT molecular complexity index is 584. The number of halogens is 2. The molecule has 0 amide bonds. The highest BCUT2D eigenvalue weighted by atomic mass is 35.5. The molecule has 0 unspecified atom stereocenters. The molecule has 4 heteroatoms. The lowest BCUT2D eigenvalue weighted by Crippen LogP contribution is -2.11. The zero-order valence-electron chi connectivity index (χ0n) is 10.9. The van der Waals surface area contributed by atoms with E-state index in [0.29, 0.717) is 5.02 Å². The summed E-state index contributed by atoms with van der Waals surface area (Å²) in [5, 5.41) is 0.599. The predicted octanol–water partition coefficient (Wildman–Crippen LogP) is 4.27. The highest BCUT2D eigenvalue weighted by Crippen LogP contribution is 2.32. The molecule has 2 aromatic rings. The maximum absolute atomic E-state index is 13.2. The maximum Gasteiger partial charge on any atom is 0.125 e. The van der Waals surface area contributed by atoms with Gasteiger partial charge in [0, 0.05) is 18.8 Å². The van der Waals surface area contributed by atoms with Crippen molar-refractivity contribution in [3.63, 3.8) is 0 Å². The van der Waals surface area contributed by atoms with E-state index >= 15 is 0 Å². The van der Waals surface area contributed by atoms with Gasteiger partial charge in [-0.25, -0.2) is 4.39 Å². The van der Waals surface area contributed by atoms with Crippen molar-refractivity contribution in [2.24, 2.45) is 5.73 Å². The Hall–Kier alpha value is -1.58. The number of nitrogens with zero attached hydrogens (tertiary/aromatic N) is 1. The normalized spacial score (nSPS) is 12.3. The van der Waals surface area contributed by atoms with Gasteiger partial charge in [-0.1, -0.05) is 23.7 Å². The third-order valence-electron chi connectivity index (χ3n) is 3.05. The zero-order valence-corrected chi connectivity index (χ0v) is 11.7. The van der Waals surface area contributed by atoms with Crippen LogP contribution in [0.3, 0.4) is 0 Å². The SMILES string of the molecule is C[C@H](N)c1ccc(N(C)c2cccc(F)c2)c(Cl)c1. The lowest BCUT2D eigenvalue weighted by Gasteiger charge is -2.21. The fraction of sp³-hybridized carbons (Fsp3) is 0.200. The largest absolute Gasteiger partial charge is 0.343 e. The summed E-state index contributed by atoms with van der Waals surface area (Å²) in [6, 6.07) is 12.0. The standard InChI is InChI=1S/C15H16ClFN2/c1-10(18)11-6-7-15(14(16)8-11)19(2)13-5-3-4-12(17)9-13/h3-10H,18H2,1-2H3/t10-/m0/s1. The van der Waals surface area contributed by atoms with Crippen molar-refractivity contribution in [3.05, 3.63) is 58.9 Å². The number of rotatable bonds is 3. The summed E-state index contributed by atoms with van der Waals surface area (Å²) in [5.41, 5.74) is 8.35. The summed E-state index contributed by atoms with van der Waals surface area (Å²) in [7, 11) is 1.85. The first-order valence-electron chi connectivity index (χ1n) is 6.03. The van der Waals surface area contributed by atoms with E-state index in [2.05, 4.69) is 0 Å². The smallest absolute Gasteiger partial charge is 0.125 e. The highest BCUT2D eigenvalue weighted by molar-refractivity contribution is 6.33. The van der Waals surface area contributed by atoms with E-state index in [-0.39, 0.29) is 11.9 Å². The molecular weight excluding hydrogens is 263 g/mol. The summed E-state index contributed by atoms with van der Waals surface area (Å²) in [6.07, 6.45) is 0. The molecule has 0 saturated carbocycles. The van der Waals surface area contributed by atoms with Crippen LogP contribution in [-0.2, 0) is 0 Å². The van der Waals surface area contributed by atoms with E-state index in [1.54, 1.807) is 6.07 Å². The zero-order chi connectivity index (χ0) is 14.0. The van der Waals surface area contributed by atoms with Crippen molar-refractivity contribution >= 4 is 23.0 Å². The molecule has 0 radical (unpaired) electrons. The van der Waals surface area contributed by atoms with Gasteiger partial charge < -0.3 is 10.6 Å². The number of benzene rings is 2. The van der Waals surface area contributed by atoms with Crippen LogP contribution in [-0.4, -0.2) is 7.05 Å². The molecule has 0 aliphatic heterocycles. The van der Waals surface area contributed by atoms with Crippen molar-refractivity contribution in [2.75, 3.05) is 11.9 Å². The van der Waals surface area contributed by atoms with E-state index in [0.717, 1.165) is 16.9 Å². The Morgan fingerprint density at radius 3 is 2.53 bits per heavy atom. The van der Waals surface area contributed by atoms with Crippen molar-refractivity contribution < 1.29 is 4.39 Å². The first-order chi connectivity index (χ1) is 8.99. The Balaban J connectivity index is 2.36. The van der Waals surface area contributed by atoms with Crippen LogP contribution in [0.25, 0.3) is 0 Å². The average Bonchev–Trinajstić information content (AvgIpc) is 2.37. The van der Waals surface area contributed by atoms with Crippen molar-refractivity contribution in [3.8, 4) is 0 Å². The predicted molar refractivity (Wildman–Crippen MR) is 78.5 cm³/mol. The Kier molecular flexibility index (Phi) is 4.08. The first kappa shape index (κ1) is 13.8. The van der Waals surface area contributed by atoms with Crippen molar-refractivity contribution in [1.82, 2.24) is 0 Å². The molecule has 0 aliphatic rings. The van der Waals surface area contributed by atoms with Crippen molar-refractivity contribution in [1.29, 1.82) is 0 Å². The molecule has 0 heterocycles. The van der Waals surface area contributed by atoms with Gasteiger partial charge in [-0.15, -0.1) is 0 Å². The van der Waals surface area contributed by atoms with Gasteiger partial charge in [-0.05, 0) is 42.8 Å². The molecule has 0 spiro atoms. The summed E-state index contributed by atoms with van der Waals surface area (Å²) in [6.45, 7) is 1.90. The minimum absolute atomic E-state index is 0.0639. The van der Waals surface area contributed by atoms with E-state index in [9.17, 15) is 4.39 Å². The third-order valence-corrected chi connectivity index (χ3v) is 3.36. The van der Waals surface area contributed by atoms with Crippen molar-refractivity contribution in [2.45, 2.75) is 13.0 Å². The summed E-state index contributed by atoms with van der Waals surface area (Å²) >= 11 is 6.27. The summed E-state index contributed by atoms with van der Waals surface area (Å²) in [4.78, 5) is 1.84. The second kappa shape index (κ2) is 5.59. The molecule has 2 rings (SSSR count). The average molecular weight is 279 g/mol. The van der Waals surface area contributed by atoms with E-state index in [4.69, 9.17) is 17.3 Å². The van der Waals surface area contributed by atoms with Crippen LogP contribution in [0.2, 0.25) is 5.02 Å². The fourth-order valence-corrected chi connectivity index (χ4v) is 2.22. The lowest BCUT2D eigenvalue weighted by molar-refractivity contribution is 0.628. The van der Waals surface area contributed by atoms with Gasteiger partial charge in [0.15, 0.2) is 0 Å². The number of hydrogen-bond acceptors (Lipinski definition) is 2. The second-order valence-electron chi connectivity index (χ2n) is 4.54. The third kappa shape index (κ3) is 3.06. The molecule has 19 heavy (non-hydrogen) atoms. The van der Waals surface area contributed by atoms with E-state index in [1.807, 2.05) is 43.1 Å². The van der Waals surface area contributed by atoms with Gasteiger partial charge in [-0.3, -0.25) is 0 Å². The van der Waals surface area contributed by atoms with Crippen LogP contribution in [0.5, 0.6) is 0 Å². The van der Waals surface area contributed by atoms with Gasteiger partial charge in [0.2, 0.25) is 0 Å². The number of anilines is 2. The Labute approximate surface area is 117 Å². The van der Waals surface area contributed by atoms with Gasteiger partial charge >= 0.3 is 0 Å². The van der Waals surface area contributed by atoms with Gasteiger partial charge in [0.1, 0.15) is 5.82 Å². The van der Waals surface area contributed by atoms with Crippen LogP contribution in [0.15, 0.2) is 42.5 Å². The molecule has 1 atom stereocenters. The molecule has 100 valence electrons. The lowest BCUT2D eigenvalue weighted by atomic mass is 10.1. The van der Waals surface area contributed by atoms with E-state index < -0.39 is 0 Å². The van der Waals surface area contributed by atoms with Crippen LogP contribution >= 0.6 is 11.6 Å². The molecule has 0 bridgehead atoms. The minimum Gasteiger partial charge on any atom is -0.343 e. The highest BCUT2D eigenvalue weighted by Gasteiger charge is 2.10. The molecule has 2 nitrogen and oxygen atoms in total. The summed E-state index contributed by atoms with van der Waals surface area (Å²) in [5.74, 6) is -0.271. The maximum atomic E-state index is 13.2. The first-order valence-corrected chi connectivity index (χ1v) is 6.41. The van der Waals surface area contributed by atoms with Crippen LogP contribution < -0.4 is 10.6 Å². The van der Waals surface area contributed by atoms with Gasteiger partial charge in [0.25, 0.3) is 0 Å². The topological polar surface area (TPSA) is 29.3 Å². The molecule has 2 aromatic carbocycles. The van der Waals surface area contributed by atoms with Gasteiger partial charge in [-0.2, -0.15) is 0 Å². The minimum atomic E-state index is -0.271. The Morgan fingerprint density at radius 2 is 1.95 bits per heavy atom. The fourth-order valence-electron chi connectivity index (χ4n) is 1.90. The number of nitrogens with two attached hydrogens (primary N) is 1. The van der Waals surface area contributed by atoms with E-state index in [1.165, 1.54) is 12.1 Å².